The number of anilines is 2. The van der Waals surface area contributed by atoms with Crippen LogP contribution in [0.5, 0.6) is 0 Å². The molecular weight excluding hydrogens is 367 g/mol. The Bertz CT molecular complexity index is 958. The van der Waals surface area contributed by atoms with Gasteiger partial charge < -0.3 is 15.5 Å². The van der Waals surface area contributed by atoms with E-state index in [-0.39, 0.29) is 11.7 Å². The van der Waals surface area contributed by atoms with Gasteiger partial charge in [-0.05, 0) is 57.7 Å². The van der Waals surface area contributed by atoms with Crippen LogP contribution in [0.1, 0.15) is 21.8 Å². The summed E-state index contributed by atoms with van der Waals surface area (Å²) in [7, 11) is 3.98. The van der Waals surface area contributed by atoms with E-state index in [1.807, 2.05) is 14.1 Å². The molecular formula is C18H21FN6OS. The average Bonchev–Trinajstić information content (AvgIpc) is 3.06. The first-order chi connectivity index (χ1) is 12.9. The first-order valence-electron chi connectivity index (χ1n) is 8.51. The highest BCUT2D eigenvalue weighted by Gasteiger charge is 2.16. The van der Waals surface area contributed by atoms with Crippen molar-refractivity contribution in [2.75, 3.05) is 32.5 Å². The molecule has 9 heteroatoms. The molecule has 7 nitrogen and oxygen atoms in total. The molecule has 0 atom stereocenters. The zero-order chi connectivity index (χ0) is 19.4. The first kappa shape index (κ1) is 19.1. The van der Waals surface area contributed by atoms with E-state index in [4.69, 9.17) is 0 Å². The number of aromatic nitrogens is 3. The van der Waals surface area contributed by atoms with Crippen LogP contribution in [0.15, 0.2) is 24.5 Å². The molecule has 0 bridgehead atoms. The van der Waals surface area contributed by atoms with E-state index < -0.39 is 0 Å². The number of carbonyl (C=O) groups excluding carboxylic acids is 1. The van der Waals surface area contributed by atoms with Gasteiger partial charge in [-0.25, -0.2) is 19.3 Å². The molecule has 0 spiro atoms. The number of thiazole rings is 1. The number of aryl methyl sites for hydroxylation is 1. The molecule has 0 fully saturated rings. The summed E-state index contributed by atoms with van der Waals surface area (Å²) in [5.74, 6) is -0.0361. The van der Waals surface area contributed by atoms with E-state index in [0.29, 0.717) is 27.7 Å². The molecule has 0 unspecified atom stereocenters. The van der Waals surface area contributed by atoms with E-state index in [1.54, 1.807) is 13.0 Å². The second-order valence-corrected chi connectivity index (χ2v) is 7.37. The topological polar surface area (TPSA) is 83.0 Å². The molecule has 27 heavy (non-hydrogen) atoms. The van der Waals surface area contributed by atoms with E-state index in [0.717, 1.165) is 24.2 Å². The molecule has 3 aromatic rings. The Hall–Kier alpha value is -2.65. The van der Waals surface area contributed by atoms with Gasteiger partial charge in [-0.1, -0.05) is 11.3 Å². The number of benzene rings is 1. The summed E-state index contributed by atoms with van der Waals surface area (Å²) in [6.07, 6.45) is 2.28. The monoisotopic (exact) mass is 388 g/mol. The van der Waals surface area contributed by atoms with Gasteiger partial charge in [-0.15, -0.1) is 0 Å². The summed E-state index contributed by atoms with van der Waals surface area (Å²) in [6, 6.07) is 4.46. The number of halogens is 1. The average molecular weight is 388 g/mol. The number of nitrogens with one attached hydrogen (secondary N) is 2. The van der Waals surface area contributed by atoms with Gasteiger partial charge in [0, 0.05) is 12.2 Å². The van der Waals surface area contributed by atoms with Crippen molar-refractivity contribution >= 4 is 39.1 Å². The number of hydrogen-bond acceptors (Lipinski definition) is 7. The van der Waals surface area contributed by atoms with E-state index in [9.17, 15) is 9.18 Å². The number of amides is 1. The van der Waals surface area contributed by atoms with Crippen molar-refractivity contribution in [2.24, 2.45) is 0 Å². The predicted octanol–water partition coefficient (Wildman–Crippen LogP) is 2.96. The van der Waals surface area contributed by atoms with Gasteiger partial charge in [-0.3, -0.25) is 4.79 Å². The second-order valence-electron chi connectivity index (χ2n) is 6.39. The van der Waals surface area contributed by atoms with Crippen LogP contribution in [0.4, 0.5) is 15.9 Å². The summed E-state index contributed by atoms with van der Waals surface area (Å²) < 4.78 is 13.3. The molecule has 2 aromatic heterocycles. The zero-order valence-corrected chi connectivity index (χ0v) is 16.2. The first-order valence-corrected chi connectivity index (χ1v) is 9.33. The van der Waals surface area contributed by atoms with Crippen LogP contribution in [0, 0.1) is 12.7 Å². The molecule has 0 saturated carbocycles. The third-order valence-electron chi connectivity index (χ3n) is 3.90. The molecule has 1 amide bonds. The number of fused-ring (bicyclic) bond motifs is 1. The molecule has 142 valence electrons. The van der Waals surface area contributed by atoms with Crippen LogP contribution in [-0.2, 0) is 0 Å². The maximum atomic E-state index is 13.3. The maximum absolute atomic E-state index is 13.3. The van der Waals surface area contributed by atoms with Crippen LogP contribution in [0.25, 0.3) is 10.3 Å². The molecule has 0 aliphatic carbocycles. The van der Waals surface area contributed by atoms with Gasteiger partial charge in [0.2, 0.25) is 0 Å². The minimum absolute atomic E-state index is 0.222. The lowest BCUT2D eigenvalue weighted by molar-refractivity contribution is 0.0952. The van der Waals surface area contributed by atoms with E-state index in [1.165, 1.54) is 29.8 Å². The van der Waals surface area contributed by atoms with Gasteiger partial charge in [-0.2, -0.15) is 0 Å². The van der Waals surface area contributed by atoms with Crippen LogP contribution in [0.3, 0.4) is 0 Å². The predicted molar refractivity (Wildman–Crippen MR) is 105 cm³/mol. The fraction of sp³-hybridized carbons (Fsp3) is 0.333. The highest BCUT2D eigenvalue weighted by atomic mass is 32.1. The lowest BCUT2D eigenvalue weighted by atomic mass is 10.2. The minimum Gasteiger partial charge on any atom is -0.350 e. The van der Waals surface area contributed by atoms with Crippen LogP contribution >= 0.6 is 11.3 Å². The minimum atomic E-state index is -0.298. The van der Waals surface area contributed by atoms with Crippen molar-refractivity contribution < 1.29 is 9.18 Å². The van der Waals surface area contributed by atoms with Crippen molar-refractivity contribution in [3.8, 4) is 0 Å². The third kappa shape index (κ3) is 4.75. The second kappa shape index (κ2) is 8.36. The lowest BCUT2D eigenvalue weighted by Gasteiger charge is -2.09. The fourth-order valence-electron chi connectivity index (χ4n) is 2.51. The third-order valence-corrected chi connectivity index (χ3v) is 4.86. The van der Waals surface area contributed by atoms with Crippen molar-refractivity contribution in [3.05, 3.63) is 40.9 Å². The van der Waals surface area contributed by atoms with Crippen molar-refractivity contribution in [1.82, 2.24) is 25.2 Å². The Morgan fingerprint density at radius 2 is 2.11 bits per heavy atom. The summed E-state index contributed by atoms with van der Waals surface area (Å²) in [6.45, 7) is 3.28. The highest BCUT2D eigenvalue weighted by molar-refractivity contribution is 7.19. The molecule has 0 saturated heterocycles. The van der Waals surface area contributed by atoms with Crippen LogP contribution in [-0.4, -0.2) is 52.9 Å². The van der Waals surface area contributed by atoms with Gasteiger partial charge in [0.25, 0.3) is 5.91 Å². The zero-order valence-electron chi connectivity index (χ0n) is 15.4. The summed E-state index contributed by atoms with van der Waals surface area (Å²) in [5.41, 5.74) is 1.99. The molecule has 1 aromatic carbocycles. The van der Waals surface area contributed by atoms with Gasteiger partial charge in [0.1, 0.15) is 22.5 Å². The van der Waals surface area contributed by atoms with Crippen LogP contribution in [0.2, 0.25) is 0 Å². The molecule has 3 rings (SSSR count). The Morgan fingerprint density at radius 3 is 2.85 bits per heavy atom. The maximum Gasteiger partial charge on any atom is 0.280 e. The highest BCUT2D eigenvalue weighted by Crippen LogP contribution is 2.28. The SMILES string of the molecule is Cc1cc(F)ccc1Nc1ncnc2sc(C(=O)NCCCN(C)C)nc12. The molecule has 0 aliphatic heterocycles. The van der Waals surface area contributed by atoms with Crippen molar-refractivity contribution in [2.45, 2.75) is 13.3 Å². The Labute approximate surface area is 160 Å². The Balaban J connectivity index is 1.77. The normalized spacial score (nSPS) is 11.1. The number of carbonyl (C=O) groups is 1. The van der Waals surface area contributed by atoms with Gasteiger partial charge >= 0.3 is 0 Å². The van der Waals surface area contributed by atoms with E-state index in [2.05, 4.69) is 30.5 Å². The summed E-state index contributed by atoms with van der Waals surface area (Å²) >= 11 is 1.22. The Kier molecular flexibility index (Phi) is 5.92. The fourth-order valence-corrected chi connectivity index (χ4v) is 3.33. The van der Waals surface area contributed by atoms with Crippen molar-refractivity contribution in [3.63, 3.8) is 0 Å². The van der Waals surface area contributed by atoms with E-state index >= 15 is 0 Å². The number of nitrogens with zero attached hydrogens (tertiary/aromatic N) is 4. The molecule has 0 aliphatic rings. The summed E-state index contributed by atoms with van der Waals surface area (Å²) in [4.78, 5) is 27.8. The van der Waals surface area contributed by atoms with Gasteiger partial charge in [0.15, 0.2) is 10.8 Å². The molecule has 2 N–H and O–H groups in total. The molecule has 0 radical (unpaired) electrons. The summed E-state index contributed by atoms with van der Waals surface area (Å²) in [5, 5.41) is 6.36. The lowest BCUT2D eigenvalue weighted by Crippen LogP contribution is -2.26. The number of hydrogen-bond donors (Lipinski definition) is 2. The molecule has 2 heterocycles. The van der Waals surface area contributed by atoms with Crippen molar-refractivity contribution in [1.29, 1.82) is 0 Å². The Morgan fingerprint density at radius 1 is 1.30 bits per heavy atom. The largest absolute Gasteiger partial charge is 0.350 e. The van der Waals surface area contributed by atoms with Crippen LogP contribution < -0.4 is 10.6 Å². The standard InChI is InChI=1S/C18H21FN6OS/c1-11-9-12(19)5-6-13(11)23-15-14-17(22-10-21-15)27-18(24-14)16(26)20-7-4-8-25(2)3/h5-6,9-10H,4,7-8H2,1-3H3,(H,20,26)(H,21,22,23). The number of rotatable bonds is 7. The smallest absolute Gasteiger partial charge is 0.280 e. The quantitative estimate of drug-likeness (QED) is 0.606. The van der Waals surface area contributed by atoms with Gasteiger partial charge in [0.05, 0.1) is 0 Å².